The molecule has 0 saturated carbocycles. The lowest BCUT2D eigenvalue weighted by molar-refractivity contribution is -0.124. The van der Waals surface area contributed by atoms with Gasteiger partial charge in [0.1, 0.15) is 11.9 Å². The van der Waals surface area contributed by atoms with Gasteiger partial charge in [0, 0.05) is 19.2 Å². The fourth-order valence-electron chi connectivity index (χ4n) is 2.67. The Morgan fingerprint density at radius 1 is 1.00 bits per heavy atom. The van der Waals surface area contributed by atoms with Crippen LogP contribution in [-0.4, -0.2) is 30.8 Å². The second-order valence-electron chi connectivity index (χ2n) is 6.67. The molecule has 28 heavy (non-hydrogen) atoms. The molecule has 0 aliphatic heterocycles. The van der Waals surface area contributed by atoms with Gasteiger partial charge in [0.25, 0.3) is 11.8 Å². The van der Waals surface area contributed by atoms with Crippen molar-refractivity contribution in [1.82, 2.24) is 16.0 Å². The van der Waals surface area contributed by atoms with Crippen molar-refractivity contribution in [1.29, 1.82) is 0 Å². The molecule has 2 rings (SSSR count). The predicted molar refractivity (Wildman–Crippen MR) is 104 cm³/mol. The van der Waals surface area contributed by atoms with Crippen molar-refractivity contribution in [2.24, 2.45) is 5.92 Å². The molecule has 0 saturated heterocycles. The predicted octanol–water partition coefficient (Wildman–Crippen LogP) is 2.26. The standard InChI is InChI=1S/C21H24FN3O3/c1-13(2)18(25-20(27)16-9-4-5-10-17(16)22)21(28)24-12-14-7-6-8-15(11-14)19(26)23-3/h4-11,13,18H,12H2,1-3H3,(H,23,26)(H,24,28)(H,25,27). The van der Waals surface area contributed by atoms with Gasteiger partial charge in [-0.05, 0) is 35.7 Å². The van der Waals surface area contributed by atoms with Crippen molar-refractivity contribution in [2.45, 2.75) is 26.4 Å². The van der Waals surface area contributed by atoms with E-state index in [0.29, 0.717) is 5.56 Å². The van der Waals surface area contributed by atoms with Crippen LogP contribution in [0.1, 0.15) is 40.1 Å². The second-order valence-corrected chi connectivity index (χ2v) is 6.67. The van der Waals surface area contributed by atoms with Crippen molar-refractivity contribution in [2.75, 3.05) is 7.05 Å². The third-order valence-corrected chi connectivity index (χ3v) is 4.24. The van der Waals surface area contributed by atoms with Crippen molar-refractivity contribution < 1.29 is 18.8 Å². The molecular weight excluding hydrogens is 361 g/mol. The van der Waals surface area contributed by atoms with E-state index in [-0.39, 0.29) is 29.8 Å². The lowest BCUT2D eigenvalue weighted by atomic mass is 10.0. The lowest BCUT2D eigenvalue weighted by Gasteiger charge is -2.22. The normalized spacial score (nSPS) is 11.6. The first kappa shape index (κ1) is 21.1. The number of benzene rings is 2. The molecule has 2 aromatic rings. The lowest BCUT2D eigenvalue weighted by Crippen LogP contribution is -2.49. The van der Waals surface area contributed by atoms with Crippen molar-refractivity contribution >= 4 is 17.7 Å². The van der Waals surface area contributed by atoms with E-state index < -0.39 is 17.8 Å². The minimum absolute atomic E-state index is 0.112. The Hall–Kier alpha value is -3.22. The van der Waals surface area contributed by atoms with Gasteiger partial charge in [0.15, 0.2) is 0 Å². The fraction of sp³-hybridized carbons (Fsp3) is 0.286. The molecule has 2 aromatic carbocycles. The molecule has 6 nitrogen and oxygen atoms in total. The molecule has 0 bridgehead atoms. The molecule has 3 amide bonds. The van der Waals surface area contributed by atoms with E-state index in [1.165, 1.54) is 18.2 Å². The van der Waals surface area contributed by atoms with Crippen LogP contribution in [0.4, 0.5) is 4.39 Å². The highest BCUT2D eigenvalue weighted by Crippen LogP contribution is 2.10. The van der Waals surface area contributed by atoms with Crippen LogP contribution in [0.5, 0.6) is 0 Å². The van der Waals surface area contributed by atoms with Gasteiger partial charge >= 0.3 is 0 Å². The zero-order valence-electron chi connectivity index (χ0n) is 16.1. The van der Waals surface area contributed by atoms with Gasteiger partial charge in [0.2, 0.25) is 5.91 Å². The molecule has 0 aliphatic carbocycles. The number of carbonyl (C=O) groups excluding carboxylic acids is 3. The summed E-state index contributed by atoms with van der Waals surface area (Å²) in [6.45, 7) is 3.78. The SMILES string of the molecule is CNC(=O)c1cccc(CNC(=O)C(NC(=O)c2ccccc2F)C(C)C)c1. The van der Waals surface area contributed by atoms with Crippen LogP contribution in [-0.2, 0) is 11.3 Å². The van der Waals surface area contributed by atoms with Gasteiger partial charge < -0.3 is 16.0 Å². The molecule has 148 valence electrons. The molecule has 0 aromatic heterocycles. The zero-order valence-corrected chi connectivity index (χ0v) is 16.1. The van der Waals surface area contributed by atoms with E-state index in [2.05, 4.69) is 16.0 Å². The average Bonchev–Trinajstić information content (AvgIpc) is 2.69. The van der Waals surface area contributed by atoms with E-state index in [9.17, 15) is 18.8 Å². The Morgan fingerprint density at radius 3 is 2.36 bits per heavy atom. The average molecular weight is 385 g/mol. The van der Waals surface area contributed by atoms with E-state index in [0.717, 1.165) is 5.56 Å². The largest absolute Gasteiger partial charge is 0.355 e. The van der Waals surface area contributed by atoms with Gasteiger partial charge in [-0.2, -0.15) is 0 Å². The van der Waals surface area contributed by atoms with E-state index in [1.807, 2.05) is 0 Å². The molecule has 3 N–H and O–H groups in total. The Bertz CT molecular complexity index is 867. The molecule has 1 unspecified atom stereocenters. The molecule has 0 spiro atoms. The molecule has 7 heteroatoms. The van der Waals surface area contributed by atoms with Crippen molar-refractivity contribution in [3.05, 3.63) is 71.0 Å². The molecule has 1 atom stereocenters. The first-order valence-electron chi connectivity index (χ1n) is 8.97. The highest BCUT2D eigenvalue weighted by molar-refractivity contribution is 5.98. The van der Waals surface area contributed by atoms with Crippen LogP contribution in [0.3, 0.4) is 0 Å². The minimum Gasteiger partial charge on any atom is -0.355 e. The Balaban J connectivity index is 2.04. The third kappa shape index (κ3) is 5.39. The number of hydrogen-bond donors (Lipinski definition) is 3. The van der Waals surface area contributed by atoms with E-state index >= 15 is 0 Å². The highest BCUT2D eigenvalue weighted by Gasteiger charge is 2.25. The summed E-state index contributed by atoms with van der Waals surface area (Å²) >= 11 is 0. The quantitative estimate of drug-likeness (QED) is 0.683. The highest BCUT2D eigenvalue weighted by atomic mass is 19.1. The topological polar surface area (TPSA) is 87.3 Å². The van der Waals surface area contributed by atoms with E-state index in [4.69, 9.17) is 0 Å². The van der Waals surface area contributed by atoms with Gasteiger partial charge in [-0.3, -0.25) is 14.4 Å². The molecule has 0 heterocycles. The van der Waals surface area contributed by atoms with Gasteiger partial charge in [-0.25, -0.2) is 4.39 Å². The molecule has 0 fully saturated rings. The minimum atomic E-state index is -0.825. The summed E-state index contributed by atoms with van der Waals surface area (Å²) in [5.74, 6) is -2.09. The first-order chi connectivity index (χ1) is 13.3. The summed E-state index contributed by atoms with van der Waals surface area (Å²) in [5.41, 5.74) is 1.12. The smallest absolute Gasteiger partial charge is 0.254 e. The van der Waals surface area contributed by atoms with E-state index in [1.54, 1.807) is 51.2 Å². The summed E-state index contributed by atoms with van der Waals surface area (Å²) in [4.78, 5) is 36.6. The number of hydrogen-bond acceptors (Lipinski definition) is 3. The maximum Gasteiger partial charge on any atom is 0.254 e. The number of halogens is 1. The molecular formula is C21H24FN3O3. The maximum absolute atomic E-state index is 13.8. The number of carbonyl (C=O) groups is 3. The van der Waals surface area contributed by atoms with Crippen LogP contribution >= 0.6 is 0 Å². The summed E-state index contributed by atoms with van der Waals surface area (Å²) < 4.78 is 13.8. The number of nitrogens with one attached hydrogen (secondary N) is 3. The van der Waals surface area contributed by atoms with Crippen LogP contribution < -0.4 is 16.0 Å². The Labute approximate surface area is 163 Å². The second kappa shape index (κ2) is 9.64. The zero-order chi connectivity index (χ0) is 20.7. The Kier molecular flexibility index (Phi) is 7.26. The summed E-state index contributed by atoms with van der Waals surface area (Å²) in [6, 6.07) is 11.7. The number of amides is 3. The van der Waals surface area contributed by atoms with Crippen molar-refractivity contribution in [3.63, 3.8) is 0 Å². The third-order valence-electron chi connectivity index (χ3n) is 4.24. The molecule has 0 aliphatic rings. The first-order valence-corrected chi connectivity index (χ1v) is 8.97. The van der Waals surface area contributed by atoms with Gasteiger partial charge in [-0.1, -0.05) is 38.1 Å². The summed E-state index contributed by atoms with van der Waals surface area (Å²) in [5, 5.41) is 7.89. The fourth-order valence-corrected chi connectivity index (χ4v) is 2.67. The van der Waals surface area contributed by atoms with Gasteiger partial charge in [0.05, 0.1) is 5.56 Å². The Morgan fingerprint density at radius 2 is 1.71 bits per heavy atom. The van der Waals surface area contributed by atoms with Crippen LogP contribution in [0.25, 0.3) is 0 Å². The van der Waals surface area contributed by atoms with Crippen LogP contribution in [0.15, 0.2) is 48.5 Å². The monoisotopic (exact) mass is 385 g/mol. The summed E-state index contributed by atoms with van der Waals surface area (Å²) in [6.07, 6.45) is 0. The van der Waals surface area contributed by atoms with Crippen LogP contribution in [0.2, 0.25) is 0 Å². The maximum atomic E-state index is 13.8. The van der Waals surface area contributed by atoms with Crippen LogP contribution in [0, 0.1) is 11.7 Å². The molecule has 0 radical (unpaired) electrons. The number of rotatable bonds is 7. The van der Waals surface area contributed by atoms with Crippen molar-refractivity contribution in [3.8, 4) is 0 Å². The summed E-state index contributed by atoms with van der Waals surface area (Å²) in [7, 11) is 1.54. The van der Waals surface area contributed by atoms with Gasteiger partial charge in [-0.15, -0.1) is 0 Å².